The van der Waals surface area contributed by atoms with Gasteiger partial charge in [0.1, 0.15) is 11.9 Å². The number of rotatable bonds is 8. The fraction of sp³-hybridized carbons (Fsp3) is 0.281. The summed E-state index contributed by atoms with van der Waals surface area (Å²) in [6.07, 6.45) is 13.8. The fourth-order valence-corrected chi connectivity index (χ4v) is 5.54. The summed E-state index contributed by atoms with van der Waals surface area (Å²) in [5.41, 5.74) is 4.64. The standard InChI is InChI=1S/C32H33N11O/c1-41-20-25(18-37-41)23-8-13-29(34-16-23)43(32(44)36-15-22-6-4-3-5-7-22)28-11-9-27(10-12-28)39-31-35-17-24(14-33)30(40-31)26-19-38-42(2)21-26/h3-8,13,16-21,27-28H,9-12,15H2,1-2H3,(H,36,44)(H,35,39,40)/t27-,28-. The van der Waals surface area contributed by atoms with E-state index in [1.54, 1.807) is 39.1 Å². The van der Waals surface area contributed by atoms with E-state index in [9.17, 15) is 10.1 Å². The summed E-state index contributed by atoms with van der Waals surface area (Å²) in [4.78, 5) is 29.2. The molecule has 1 aromatic carbocycles. The van der Waals surface area contributed by atoms with Crippen LogP contribution in [0.2, 0.25) is 0 Å². The first kappa shape index (κ1) is 28.5. The maximum Gasteiger partial charge on any atom is 0.323 e. The first-order valence-corrected chi connectivity index (χ1v) is 14.6. The Balaban J connectivity index is 1.17. The Bertz CT molecular complexity index is 1760. The van der Waals surface area contributed by atoms with Gasteiger partial charge in [-0.05, 0) is 43.4 Å². The summed E-state index contributed by atoms with van der Waals surface area (Å²) in [6.45, 7) is 0.427. The van der Waals surface area contributed by atoms with Crippen molar-refractivity contribution in [3.05, 3.63) is 90.8 Å². The second-order valence-electron chi connectivity index (χ2n) is 10.9. The van der Waals surface area contributed by atoms with Crippen LogP contribution in [0.25, 0.3) is 22.4 Å². The third-order valence-corrected chi connectivity index (χ3v) is 7.82. The molecule has 1 aliphatic carbocycles. The molecule has 0 atom stereocenters. The average Bonchev–Trinajstić information content (AvgIpc) is 3.70. The monoisotopic (exact) mass is 587 g/mol. The van der Waals surface area contributed by atoms with Gasteiger partial charge in [0.2, 0.25) is 5.95 Å². The molecule has 0 unspecified atom stereocenters. The molecule has 44 heavy (non-hydrogen) atoms. The summed E-state index contributed by atoms with van der Waals surface area (Å²) < 4.78 is 3.43. The van der Waals surface area contributed by atoms with Crippen molar-refractivity contribution in [2.45, 2.75) is 44.3 Å². The molecule has 6 rings (SSSR count). The van der Waals surface area contributed by atoms with Gasteiger partial charge < -0.3 is 10.6 Å². The topological polar surface area (TPSA) is 142 Å². The molecule has 2 amide bonds. The molecule has 0 saturated heterocycles. The number of hydrogen-bond donors (Lipinski definition) is 2. The molecular formula is C32H33N11O. The molecule has 0 radical (unpaired) electrons. The number of carbonyl (C=O) groups excluding carboxylic acids is 1. The van der Waals surface area contributed by atoms with E-state index in [0.717, 1.165) is 47.9 Å². The second kappa shape index (κ2) is 12.7. The van der Waals surface area contributed by atoms with Gasteiger partial charge in [0.05, 0.1) is 29.8 Å². The molecule has 12 heteroatoms. The minimum atomic E-state index is -0.177. The second-order valence-corrected chi connectivity index (χ2v) is 10.9. The molecule has 222 valence electrons. The van der Waals surface area contributed by atoms with Crippen LogP contribution in [0.1, 0.15) is 36.8 Å². The Kier molecular flexibility index (Phi) is 8.27. The molecule has 12 nitrogen and oxygen atoms in total. The van der Waals surface area contributed by atoms with Gasteiger partial charge in [-0.3, -0.25) is 14.3 Å². The highest BCUT2D eigenvalue weighted by Gasteiger charge is 2.31. The molecule has 0 aliphatic heterocycles. The smallest absolute Gasteiger partial charge is 0.323 e. The third kappa shape index (κ3) is 6.42. The lowest BCUT2D eigenvalue weighted by Crippen LogP contribution is -2.49. The molecule has 0 spiro atoms. The van der Waals surface area contributed by atoms with E-state index < -0.39 is 0 Å². The van der Waals surface area contributed by atoms with E-state index in [1.165, 1.54) is 0 Å². The van der Waals surface area contributed by atoms with Crippen LogP contribution in [-0.4, -0.2) is 52.6 Å². The van der Waals surface area contributed by atoms with Crippen molar-refractivity contribution in [1.82, 2.24) is 39.8 Å². The molecule has 1 fully saturated rings. The van der Waals surface area contributed by atoms with Crippen LogP contribution in [0, 0.1) is 11.3 Å². The number of pyridine rings is 1. The zero-order valence-electron chi connectivity index (χ0n) is 24.6. The first-order valence-electron chi connectivity index (χ1n) is 14.6. The maximum absolute atomic E-state index is 13.7. The zero-order valence-corrected chi connectivity index (χ0v) is 24.6. The number of aryl methyl sites for hydroxylation is 2. The Morgan fingerprint density at radius 3 is 2.27 bits per heavy atom. The van der Waals surface area contributed by atoms with Crippen molar-refractivity contribution in [3.63, 3.8) is 0 Å². The van der Waals surface area contributed by atoms with Crippen LogP contribution in [-0.2, 0) is 20.6 Å². The van der Waals surface area contributed by atoms with Crippen LogP contribution in [0.4, 0.5) is 16.6 Å². The van der Waals surface area contributed by atoms with Gasteiger partial charge in [0.15, 0.2) is 0 Å². The minimum Gasteiger partial charge on any atom is -0.351 e. The van der Waals surface area contributed by atoms with Crippen LogP contribution in [0.15, 0.2) is 79.6 Å². The molecular weight excluding hydrogens is 554 g/mol. The number of anilines is 2. The normalized spacial score (nSPS) is 16.2. The lowest BCUT2D eigenvalue weighted by Gasteiger charge is -2.36. The van der Waals surface area contributed by atoms with Crippen molar-refractivity contribution in [1.29, 1.82) is 5.26 Å². The predicted molar refractivity (Wildman–Crippen MR) is 166 cm³/mol. The quantitative estimate of drug-likeness (QED) is 0.266. The van der Waals surface area contributed by atoms with Gasteiger partial charge in [0.25, 0.3) is 0 Å². The molecule has 4 aromatic heterocycles. The number of nitrogens with one attached hydrogen (secondary N) is 2. The van der Waals surface area contributed by atoms with Crippen molar-refractivity contribution >= 4 is 17.8 Å². The van der Waals surface area contributed by atoms with E-state index in [4.69, 9.17) is 4.98 Å². The Labute approximate surface area is 255 Å². The van der Waals surface area contributed by atoms with Crippen LogP contribution >= 0.6 is 0 Å². The number of nitrogens with zero attached hydrogens (tertiary/aromatic N) is 9. The number of amides is 2. The highest BCUT2D eigenvalue weighted by atomic mass is 16.2. The van der Waals surface area contributed by atoms with Crippen molar-refractivity contribution < 1.29 is 4.79 Å². The molecule has 5 aromatic rings. The van der Waals surface area contributed by atoms with E-state index in [0.29, 0.717) is 29.6 Å². The van der Waals surface area contributed by atoms with Gasteiger partial charge in [-0.25, -0.2) is 19.7 Å². The van der Waals surface area contributed by atoms with Gasteiger partial charge in [-0.15, -0.1) is 0 Å². The summed E-state index contributed by atoms with van der Waals surface area (Å²) in [7, 11) is 3.70. The lowest BCUT2D eigenvalue weighted by molar-refractivity contribution is 0.240. The number of urea groups is 1. The highest BCUT2D eigenvalue weighted by molar-refractivity contribution is 5.91. The summed E-state index contributed by atoms with van der Waals surface area (Å²) in [5.74, 6) is 1.08. The number of hydrogen-bond acceptors (Lipinski definition) is 8. The lowest BCUT2D eigenvalue weighted by atomic mass is 9.90. The molecule has 2 N–H and O–H groups in total. The molecule has 4 heterocycles. The number of nitriles is 1. The van der Waals surface area contributed by atoms with Gasteiger partial charge in [0, 0.05) is 68.0 Å². The Morgan fingerprint density at radius 1 is 0.909 bits per heavy atom. The first-order chi connectivity index (χ1) is 21.5. The molecule has 1 saturated carbocycles. The number of aromatic nitrogens is 7. The maximum atomic E-state index is 13.7. The molecule has 0 bridgehead atoms. The summed E-state index contributed by atoms with van der Waals surface area (Å²) >= 11 is 0. The number of carbonyl (C=O) groups is 1. The Morgan fingerprint density at radius 2 is 1.64 bits per heavy atom. The SMILES string of the molecule is Cn1cc(-c2ccc(N(C(=O)NCc3ccccc3)[C@H]3CC[C@H](Nc4ncc(C#N)c(-c5cnn(C)c5)n4)CC3)nc2)cn1. The Hall–Kier alpha value is -5.57. The average molecular weight is 588 g/mol. The fourth-order valence-electron chi connectivity index (χ4n) is 5.54. The van der Waals surface area contributed by atoms with Crippen molar-refractivity contribution in [2.24, 2.45) is 14.1 Å². The van der Waals surface area contributed by atoms with E-state index in [2.05, 4.69) is 36.9 Å². The molecule has 1 aliphatic rings. The van der Waals surface area contributed by atoms with Crippen LogP contribution in [0.3, 0.4) is 0 Å². The van der Waals surface area contributed by atoms with Crippen LogP contribution < -0.4 is 15.5 Å². The summed E-state index contributed by atoms with van der Waals surface area (Å²) in [5, 5.41) is 24.6. The largest absolute Gasteiger partial charge is 0.351 e. The summed E-state index contributed by atoms with van der Waals surface area (Å²) in [6, 6.07) is 15.8. The van der Waals surface area contributed by atoms with E-state index in [1.807, 2.05) is 69.0 Å². The third-order valence-electron chi connectivity index (χ3n) is 7.82. The van der Waals surface area contributed by atoms with Crippen molar-refractivity contribution in [2.75, 3.05) is 10.2 Å². The van der Waals surface area contributed by atoms with Crippen LogP contribution in [0.5, 0.6) is 0 Å². The highest BCUT2D eigenvalue weighted by Crippen LogP contribution is 2.30. The minimum absolute atomic E-state index is 0.0339. The zero-order chi connectivity index (χ0) is 30.5. The van der Waals surface area contributed by atoms with Gasteiger partial charge >= 0.3 is 6.03 Å². The van der Waals surface area contributed by atoms with E-state index >= 15 is 0 Å². The van der Waals surface area contributed by atoms with E-state index in [-0.39, 0.29) is 18.1 Å². The van der Waals surface area contributed by atoms with Gasteiger partial charge in [-0.2, -0.15) is 15.5 Å². The predicted octanol–water partition coefficient (Wildman–Crippen LogP) is 4.68. The number of benzene rings is 1. The van der Waals surface area contributed by atoms with Crippen molar-refractivity contribution in [3.8, 4) is 28.5 Å². The van der Waals surface area contributed by atoms with Gasteiger partial charge in [-0.1, -0.05) is 30.3 Å².